The van der Waals surface area contributed by atoms with Gasteiger partial charge in [-0.3, -0.25) is 4.84 Å². The number of hydroxylamine groups is 2. The lowest BCUT2D eigenvalue weighted by Gasteiger charge is -2.25. The van der Waals surface area contributed by atoms with Gasteiger partial charge in [-0.15, -0.1) is 0 Å². The molecule has 0 aromatic heterocycles. The average molecular weight is 170 g/mol. The Labute approximate surface area is 71.9 Å². The second-order valence-electron chi connectivity index (χ2n) is 3.90. The van der Waals surface area contributed by atoms with Gasteiger partial charge in [-0.1, -0.05) is 20.8 Å². The van der Waals surface area contributed by atoms with Crippen LogP contribution in [0, 0.1) is 5.41 Å². The fraction of sp³-hybridized carbons (Fsp3) is 0.625. The maximum atomic E-state index is 10.6. The summed E-state index contributed by atoms with van der Waals surface area (Å²) in [6.45, 7) is 6.10. The predicted octanol–water partition coefficient (Wildman–Crippen LogP) is 1.24. The molecular weight excluding hydrogens is 156 g/mol. The van der Waals surface area contributed by atoms with Gasteiger partial charge in [-0.25, -0.2) is 4.79 Å². The van der Waals surface area contributed by atoms with Crippen LogP contribution < -0.4 is 5.73 Å². The molecule has 4 heteroatoms. The van der Waals surface area contributed by atoms with Gasteiger partial charge in [0.1, 0.15) is 6.10 Å². The molecule has 1 heterocycles. The summed E-state index contributed by atoms with van der Waals surface area (Å²) >= 11 is 0. The van der Waals surface area contributed by atoms with E-state index in [4.69, 9.17) is 10.6 Å². The molecule has 1 aliphatic rings. The Morgan fingerprint density at radius 3 is 2.42 bits per heavy atom. The zero-order valence-corrected chi connectivity index (χ0v) is 7.57. The molecule has 0 aliphatic carbocycles. The highest BCUT2D eigenvalue weighted by molar-refractivity contribution is 5.72. The molecule has 1 aliphatic heterocycles. The van der Waals surface area contributed by atoms with Crippen LogP contribution in [0.2, 0.25) is 0 Å². The van der Waals surface area contributed by atoms with Gasteiger partial charge in [0.05, 0.1) is 0 Å². The number of urea groups is 1. The minimum Gasteiger partial charge on any atom is -0.349 e. The summed E-state index contributed by atoms with van der Waals surface area (Å²) in [6.07, 6.45) is 3.30. The van der Waals surface area contributed by atoms with E-state index in [0.29, 0.717) is 0 Å². The molecule has 68 valence electrons. The van der Waals surface area contributed by atoms with E-state index in [0.717, 1.165) is 5.06 Å². The van der Waals surface area contributed by atoms with Crippen molar-refractivity contribution < 1.29 is 9.63 Å². The number of nitrogens with two attached hydrogens (primary N) is 1. The Kier molecular flexibility index (Phi) is 2.10. The summed E-state index contributed by atoms with van der Waals surface area (Å²) in [5, 5.41) is 1.05. The van der Waals surface area contributed by atoms with E-state index in [9.17, 15) is 4.79 Å². The summed E-state index contributed by atoms with van der Waals surface area (Å²) < 4.78 is 0. The standard InChI is InChI=1S/C8H14N2O2/c1-8(2,3)6-4-5-10(12-6)7(9)11/h4-6H,1-3H3,(H2,9,11). The van der Waals surface area contributed by atoms with Crippen LogP contribution in [0.25, 0.3) is 0 Å². The van der Waals surface area contributed by atoms with E-state index >= 15 is 0 Å². The molecule has 1 rings (SSSR count). The second kappa shape index (κ2) is 2.79. The molecular formula is C8H14N2O2. The van der Waals surface area contributed by atoms with E-state index in [2.05, 4.69) is 0 Å². The summed E-state index contributed by atoms with van der Waals surface area (Å²) in [5.74, 6) is 0. The molecule has 4 nitrogen and oxygen atoms in total. The van der Waals surface area contributed by atoms with Crippen molar-refractivity contribution in [3.05, 3.63) is 12.3 Å². The van der Waals surface area contributed by atoms with Gasteiger partial charge < -0.3 is 5.73 Å². The van der Waals surface area contributed by atoms with Crippen LogP contribution in [-0.2, 0) is 4.84 Å². The van der Waals surface area contributed by atoms with Crippen molar-refractivity contribution in [1.82, 2.24) is 5.06 Å². The normalized spacial score (nSPS) is 23.2. The van der Waals surface area contributed by atoms with Crippen molar-refractivity contribution >= 4 is 6.03 Å². The van der Waals surface area contributed by atoms with Crippen LogP contribution in [0.1, 0.15) is 20.8 Å². The fourth-order valence-corrected chi connectivity index (χ4v) is 0.921. The van der Waals surface area contributed by atoms with Crippen molar-refractivity contribution in [1.29, 1.82) is 0 Å². The molecule has 0 spiro atoms. The monoisotopic (exact) mass is 170 g/mol. The van der Waals surface area contributed by atoms with Gasteiger partial charge in [-0.2, -0.15) is 5.06 Å². The molecule has 0 aromatic rings. The summed E-state index contributed by atoms with van der Waals surface area (Å²) in [7, 11) is 0. The Morgan fingerprint density at radius 1 is 1.58 bits per heavy atom. The maximum Gasteiger partial charge on any atom is 0.342 e. The van der Waals surface area contributed by atoms with Crippen LogP contribution in [0.3, 0.4) is 0 Å². The van der Waals surface area contributed by atoms with Crippen molar-refractivity contribution in [3.63, 3.8) is 0 Å². The van der Waals surface area contributed by atoms with Gasteiger partial charge >= 0.3 is 6.03 Å². The maximum absolute atomic E-state index is 10.6. The molecule has 12 heavy (non-hydrogen) atoms. The van der Waals surface area contributed by atoms with Crippen molar-refractivity contribution in [2.75, 3.05) is 0 Å². The Balaban J connectivity index is 2.59. The highest BCUT2D eigenvalue weighted by Gasteiger charge is 2.30. The van der Waals surface area contributed by atoms with Crippen LogP contribution in [-0.4, -0.2) is 17.2 Å². The van der Waals surface area contributed by atoms with Gasteiger partial charge in [0.2, 0.25) is 0 Å². The minimum atomic E-state index is -0.585. The molecule has 1 atom stereocenters. The highest BCUT2D eigenvalue weighted by Crippen LogP contribution is 2.27. The third kappa shape index (κ3) is 1.76. The first-order valence-electron chi connectivity index (χ1n) is 3.85. The zero-order chi connectivity index (χ0) is 9.35. The lowest BCUT2D eigenvalue weighted by Crippen LogP contribution is -2.34. The van der Waals surface area contributed by atoms with Gasteiger partial charge in [0.25, 0.3) is 0 Å². The Morgan fingerprint density at radius 2 is 2.17 bits per heavy atom. The van der Waals surface area contributed by atoms with Crippen molar-refractivity contribution in [2.45, 2.75) is 26.9 Å². The van der Waals surface area contributed by atoms with Crippen LogP contribution in [0.4, 0.5) is 4.79 Å². The number of carbonyl (C=O) groups excluding carboxylic acids is 1. The number of nitrogens with zero attached hydrogens (tertiary/aromatic N) is 1. The molecule has 0 saturated carbocycles. The van der Waals surface area contributed by atoms with E-state index in [1.807, 2.05) is 26.8 Å². The van der Waals surface area contributed by atoms with Gasteiger partial charge in [-0.05, 0) is 11.5 Å². The molecule has 2 N–H and O–H groups in total. The summed E-state index contributed by atoms with van der Waals surface area (Å²) in [5.41, 5.74) is 5.00. The smallest absolute Gasteiger partial charge is 0.342 e. The third-order valence-electron chi connectivity index (χ3n) is 1.69. The second-order valence-corrected chi connectivity index (χ2v) is 3.90. The van der Waals surface area contributed by atoms with Crippen LogP contribution in [0.5, 0.6) is 0 Å². The predicted molar refractivity (Wildman–Crippen MR) is 44.9 cm³/mol. The highest BCUT2D eigenvalue weighted by atomic mass is 16.7. The van der Waals surface area contributed by atoms with E-state index < -0.39 is 6.03 Å². The minimum absolute atomic E-state index is 0.0132. The molecule has 0 bridgehead atoms. The topological polar surface area (TPSA) is 55.6 Å². The van der Waals surface area contributed by atoms with Crippen molar-refractivity contribution in [3.8, 4) is 0 Å². The number of rotatable bonds is 0. The number of hydrogen-bond acceptors (Lipinski definition) is 2. The number of primary amides is 1. The number of hydrogen-bond donors (Lipinski definition) is 1. The quantitative estimate of drug-likeness (QED) is 0.594. The lowest BCUT2D eigenvalue weighted by atomic mass is 9.89. The molecule has 0 radical (unpaired) electrons. The SMILES string of the molecule is CC(C)(C)C1C=CN(C(N)=O)O1. The molecule has 1 unspecified atom stereocenters. The molecule has 0 aromatic carbocycles. The first-order valence-corrected chi connectivity index (χ1v) is 3.85. The summed E-state index contributed by atoms with van der Waals surface area (Å²) in [6, 6.07) is -0.585. The molecule has 2 amide bonds. The first kappa shape index (κ1) is 9.06. The fourth-order valence-electron chi connectivity index (χ4n) is 0.921. The number of amides is 2. The molecule has 0 fully saturated rings. The third-order valence-corrected chi connectivity index (χ3v) is 1.69. The van der Waals surface area contributed by atoms with E-state index in [1.54, 1.807) is 6.20 Å². The molecule has 0 saturated heterocycles. The van der Waals surface area contributed by atoms with Gasteiger partial charge in [0.15, 0.2) is 0 Å². The zero-order valence-electron chi connectivity index (χ0n) is 7.57. The summed E-state index contributed by atoms with van der Waals surface area (Å²) in [4.78, 5) is 15.9. The van der Waals surface area contributed by atoms with Crippen LogP contribution in [0.15, 0.2) is 12.3 Å². The Bertz CT molecular complexity index is 218. The number of carbonyl (C=O) groups is 1. The van der Waals surface area contributed by atoms with Gasteiger partial charge in [0, 0.05) is 6.20 Å². The Hall–Kier alpha value is -1.03. The van der Waals surface area contributed by atoms with E-state index in [-0.39, 0.29) is 11.5 Å². The largest absolute Gasteiger partial charge is 0.349 e. The van der Waals surface area contributed by atoms with Crippen LogP contribution >= 0.6 is 0 Å². The first-order chi connectivity index (χ1) is 5.41. The van der Waals surface area contributed by atoms with E-state index in [1.165, 1.54) is 0 Å². The average Bonchev–Trinajstić information content (AvgIpc) is 2.30. The lowest BCUT2D eigenvalue weighted by molar-refractivity contribution is -0.121. The van der Waals surface area contributed by atoms with Crippen molar-refractivity contribution in [2.24, 2.45) is 11.1 Å².